The van der Waals surface area contributed by atoms with Gasteiger partial charge in [0.1, 0.15) is 11.8 Å². The molecule has 1 atom stereocenters. The van der Waals surface area contributed by atoms with E-state index in [1.807, 2.05) is 24.6 Å². The molecule has 0 fully saturated rings. The highest BCUT2D eigenvalue weighted by atomic mass is 16.5. The third kappa shape index (κ3) is 3.57. The maximum Gasteiger partial charge on any atom is 0.120 e. The maximum atomic E-state index is 8.95. The topological polar surface area (TPSA) is 59.2 Å². The van der Waals surface area contributed by atoms with Crippen molar-refractivity contribution >= 4 is 0 Å². The fraction of sp³-hybridized carbons (Fsp3) is 0.615. The molecule has 0 aliphatic rings. The number of hydrogen-bond donors (Lipinski definition) is 1. The summed E-state index contributed by atoms with van der Waals surface area (Å²) in [6, 6.07) is 4.09. The first-order chi connectivity index (χ1) is 8.63. The van der Waals surface area contributed by atoms with Gasteiger partial charge in [-0.3, -0.25) is 0 Å². The number of methoxy groups -OCH3 is 2. The number of ether oxygens (including phenoxy) is 2. The van der Waals surface area contributed by atoms with Crippen LogP contribution in [0.2, 0.25) is 0 Å². The summed E-state index contributed by atoms with van der Waals surface area (Å²) in [6.45, 7) is 4.03. The van der Waals surface area contributed by atoms with Gasteiger partial charge in [-0.1, -0.05) is 0 Å². The Morgan fingerprint density at radius 2 is 2.22 bits per heavy atom. The Hall–Kier alpha value is -1.35. The molecular formula is C13H21N3O2. The normalized spacial score (nSPS) is 12.4. The number of rotatable bonds is 7. The smallest absolute Gasteiger partial charge is 0.120 e. The summed E-state index contributed by atoms with van der Waals surface area (Å²) in [5, 5.41) is 12.3. The molecule has 1 N–H and O–H groups in total. The second-order valence-electron chi connectivity index (χ2n) is 4.26. The Morgan fingerprint density at radius 3 is 2.72 bits per heavy atom. The van der Waals surface area contributed by atoms with Crippen LogP contribution in [0.3, 0.4) is 0 Å². The Kier molecular flexibility index (Phi) is 5.86. The molecule has 0 aromatic carbocycles. The van der Waals surface area contributed by atoms with Crippen LogP contribution in [0.1, 0.15) is 17.0 Å². The quantitative estimate of drug-likeness (QED) is 0.784. The van der Waals surface area contributed by atoms with Gasteiger partial charge in [0.2, 0.25) is 0 Å². The van der Waals surface area contributed by atoms with Crippen LogP contribution in [-0.2, 0) is 23.1 Å². The van der Waals surface area contributed by atoms with Crippen molar-refractivity contribution in [3.8, 4) is 6.07 Å². The molecule has 0 saturated heterocycles. The van der Waals surface area contributed by atoms with Crippen molar-refractivity contribution in [3.05, 3.63) is 23.0 Å². The molecule has 100 valence electrons. The zero-order valence-electron chi connectivity index (χ0n) is 11.5. The van der Waals surface area contributed by atoms with Crippen molar-refractivity contribution in [1.82, 2.24) is 9.88 Å². The van der Waals surface area contributed by atoms with Crippen LogP contribution < -0.4 is 5.32 Å². The second-order valence-corrected chi connectivity index (χ2v) is 4.26. The molecule has 0 spiro atoms. The van der Waals surface area contributed by atoms with Crippen molar-refractivity contribution in [3.63, 3.8) is 0 Å². The molecule has 18 heavy (non-hydrogen) atoms. The van der Waals surface area contributed by atoms with E-state index in [4.69, 9.17) is 14.7 Å². The number of nitrogens with one attached hydrogen (secondary N) is 1. The molecule has 0 saturated carbocycles. The van der Waals surface area contributed by atoms with Gasteiger partial charge in [-0.05, 0) is 18.6 Å². The number of aromatic nitrogens is 1. The lowest BCUT2D eigenvalue weighted by Gasteiger charge is -2.15. The van der Waals surface area contributed by atoms with Gasteiger partial charge in [-0.25, -0.2) is 0 Å². The number of nitrogens with zero attached hydrogens (tertiary/aromatic N) is 2. The van der Waals surface area contributed by atoms with Crippen LogP contribution in [0.5, 0.6) is 0 Å². The molecule has 0 aliphatic carbocycles. The van der Waals surface area contributed by atoms with Crippen LogP contribution in [0.4, 0.5) is 0 Å². The van der Waals surface area contributed by atoms with E-state index in [0.717, 1.165) is 24.3 Å². The van der Waals surface area contributed by atoms with Crippen LogP contribution in [0.15, 0.2) is 6.07 Å². The largest absolute Gasteiger partial charge is 0.382 e. The molecule has 5 heteroatoms. The zero-order valence-corrected chi connectivity index (χ0v) is 11.5. The third-order valence-electron chi connectivity index (χ3n) is 3.13. The van der Waals surface area contributed by atoms with Crippen molar-refractivity contribution < 1.29 is 9.47 Å². The first-order valence-electron chi connectivity index (χ1n) is 5.91. The molecular weight excluding hydrogens is 230 g/mol. The lowest BCUT2D eigenvalue weighted by molar-refractivity contribution is 0.0288. The molecule has 1 unspecified atom stereocenters. The van der Waals surface area contributed by atoms with Gasteiger partial charge in [0.25, 0.3) is 0 Å². The minimum absolute atomic E-state index is 0.0504. The second kappa shape index (κ2) is 7.17. The molecule has 1 aromatic rings. The van der Waals surface area contributed by atoms with Gasteiger partial charge < -0.3 is 19.4 Å². The first kappa shape index (κ1) is 14.7. The number of nitriles is 1. The Balaban J connectivity index is 2.51. The van der Waals surface area contributed by atoms with Crippen LogP contribution in [0.25, 0.3) is 0 Å². The lowest BCUT2D eigenvalue weighted by atomic mass is 10.2. The monoisotopic (exact) mass is 251 g/mol. The summed E-state index contributed by atoms with van der Waals surface area (Å²) in [6.07, 6.45) is 0.0504. The molecule has 5 nitrogen and oxygen atoms in total. The maximum absolute atomic E-state index is 8.95. The van der Waals surface area contributed by atoms with Gasteiger partial charge in [0.15, 0.2) is 0 Å². The average Bonchev–Trinajstić information content (AvgIpc) is 2.65. The van der Waals surface area contributed by atoms with E-state index in [1.165, 1.54) is 0 Å². The van der Waals surface area contributed by atoms with Crippen molar-refractivity contribution in [2.75, 3.05) is 27.4 Å². The summed E-state index contributed by atoms with van der Waals surface area (Å²) >= 11 is 0. The van der Waals surface area contributed by atoms with Crippen LogP contribution in [-0.4, -0.2) is 38.0 Å². The molecule has 0 bridgehead atoms. The minimum Gasteiger partial charge on any atom is -0.382 e. The van der Waals surface area contributed by atoms with Crippen molar-refractivity contribution in [1.29, 1.82) is 5.26 Å². The summed E-state index contributed by atoms with van der Waals surface area (Å²) < 4.78 is 12.2. The van der Waals surface area contributed by atoms with Crippen LogP contribution in [0, 0.1) is 18.3 Å². The predicted octanol–water partition coefficient (Wildman–Crippen LogP) is 0.956. The molecule has 1 aromatic heterocycles. The highest BCUT2D eigenvalue weighted by Crippen LogP contribution is 2.12. The highest BCUT2D eigenvalue weighted by molar-refractivity contribution is 5.33. The predicted molar refractivity (Wildman–Crippen MR) is 69.2 cm³/mol. The third-order valence-corrected chi connectivity index (χ3v) is 3.13. The fourth-order valence-electron chi connectivity index (χ4n) is 1.81. The Labute approximate surface area is 108 Å². The van der Waals surface area contributed by atoms with E-state index in [0.29, 0.717) is 12.3 Å². The van der Waals surface area contributed by atoms with Crippen LogP contribution >= 0.6 is 0 Å². The van der Waals surface area contributed by atoms with Gasteiger partial charge in [-0.15, -0.1) is 0 Å². The zero-order chi connectivity index (χ0) is 13.5. The standard InChI is InChI=1S/C13H21N3O2/c1-10-11(5-12(6-14)16(10)2)7-15-8-13(18-4)9-17-3/h5,13,15H,7-9H2,1-4H3. The van der Waals surface area contributed by atoms with Crippen molar-refractivity contribution in [2.24, 2.45) is 7.05 Å². The van der Waals surface area contributed by atoms with E-state index < -0.39 is 0 Å². The average molecular weight is 251 g/mol. The summed E-state index contributed by atoms with van der Waals surface area (Å²) in [5.74, 6) is 0. The number of hydrogen-bond acceptors (Lipinski definition) is 4. The van der Waals surface area contributed by atoms with E-state index in [2.05, 4.69) is 11.4 Å². The summed E-state index contributed by atoms with van der Waals surface area (Å²) in [7, 11) is 5.24. The molecule has 0 amide bonds. The van der Waals surface area contributed by atoms with E-state index in [9.17, 15) is 0 Å². The van der Waals surface area contributed by atoms with Gasteiger partial charge in [0.05, 0.1) is 12.7 Å². The van der Waals surface area contributed by atoms with E-state index >= 15 is 0 Å². The first-order valence-corrected chi connectivity index (χ1v) is 5.91. The van der Waals surface area contributed by atoms with Gasteiger partial charge in [0, 0.05) is 40.1 Å². The molecule has 1 heterocycles. The van der Waals surface area contributed by atoms with E-state index in [-0.39, 0.29) is 6.10 Å². The minimum atomic E-state index is 0.0504. The van der Waals surface area contributed by atoms with Gasteiger partial charge >= 0.3 is 0 Å². The summed E-state index contributed by atoms with van der Waals surface area (Å²) in [5.41, 5.74) is 2.94. The van der Waals surface area contributed by atoms with Crippen molar-refractivity contribution in [2.45, 2.75) is 19.6 Å². The fourth-order valence-corrected chi connectivity index (χ4v) is 1.81. The molecule has 0 radical (unpaired) electrons. The Morgan fingerprint density at radius 1 is 1.50 bits per heavy atom. The molecule has 0 aliphatic heterocycles. The molecule has 1 rings (SSSR count). The van der Waals surface area contributed by atoms with E-state index in [1.54, 1.807) is 14.2 Å². The Bertz CT molecular complexity index is 421. The highest BCUT2D eigenvalue weighted by Gasteiger charge is 2.10. The van der Waals surface area contributed by atoms with Gasteiger partial charge in [-0.2, -0.15) is 5.26 Å². The SMILES string of the molecule is COCC(CNCc1cc(C#N)n(C)c1C)OC. The lowest BCUT2D eigenvalue weighted by Crippen LogP contribution is -2.31. The summed E-state index contributed by atoms with van der Waals surface area (Å²) in [4.78, 5) is 0.